The number of primary sulfonamides is 1. The van der Waals surface area contributed by atoms with Gasteiger partial charge in [-0.1, -0.05) is 47.6 Å². The molecule has 1 heterocycles. The number of sulfonamides is 1. The first-order chi connectivity index (χ1) is 11.0. The molecule has 7 heteroatoms. The van der Waals surface area contributed by atoms with Crippen LogP contribution in [0, 0.1) is 11.3 Å². The first-order valence-corrected chi connectivity index (χ1v) is 8.14. The Balaban J connectivity index is 2.17. The molecular formula is C16H11N3O3S. The molecule has 0 radical (unpaired) electrons. The molecule has 0 saturated carbocycles. The van der Waals surface area contributed by atoms with Crippen LogP contribution in [0.1, 0.15) is 5.76 Å². The minimum atomic E-state index is -3.77. The zero-order valence-corrected chi connectivity index (χ0v) is 12.6. The van der Waals surface area contributed by atoms with Gasteiger partial charge in [0, 0.05) is 5.56 Å². The normalized spacial score (nSPS) is 11.1. The molecule has 0 saturated heterocycles. The second-order valence-corrected chi connectivity index (χ2v) is 6.34. The van der Waals surface area contributed by atoms with Gasteiger partial charge in [-0.15, -0.1) is 0 Å². The molecule has 6 nitrogen and oxygen atoms in total. The summed E-state index contributed by atoms with van der Waals surface area (Å²) in [6.45, 7) is 0. The molecule has 1 aromatic heterocycles. The molecule has 0 aliphatic carbocycles. The van der Waals surface area contributed by atoms with Gasteiger partial charge >= 0.3 is 0 Å². The second kappa shape index (κ2) is 5.68. The van der Waals surface area contributed by atoms with Crippen LogP contribution in [-0.4, -0.2) is 13.6 Å². The van der Waals surface area contributed by atoms with Gasteiger partial charge in [-0.3, -0.25) is 0 Å². The molecule has 3 rings (SSSR count). The molecular weight excluding hydrogens is 314 g/mol. The van der Waals surface area contributed by atoms with Crippen molar-refractivity contribution in [3.8, 4) is 28.5 Å². The third-order valence-electron chi connectivity index (χ3n) is 3.31. The molecule has 0 fully saturated rings. The Labute approximate surface area is 132 Å². The van der Waals surface area contributed by atoms with E-state index in [9.17, 15) is 13.7 Å². The van der Waals surface area contributed by atoms with Crippen LogP contribution in [0.5, 0.6) is 0 Å². The van der Waals surface area contributed by atoms with Crippen LogP contribution in [0.25, 0.3) is 22.4 Å². The highest BCUT2D eigenvalue weighted by atomic mass is 32.2. The number of nitrogens with zero attached hydrogens (tertiary/aromatic N) is 2. The first-order valence-electron chi connectivity index (χ1n) is 6.59. The van der Waals surface area contributed by atoms with E-state index in [1.807, 2.05) is 36.4 Å². The maximum absolute atomic E-state index is 11.3. The molecule has 0 spiro atoms. The molecule has 2 N–H and O–H groups in total. The zero-order valence-electron chi connectivity index (χ0n) is 11.8. The highest BCUT2D eigenvalue weighted by molar-refractivity contribution is 7.89. The second-order valence-electron chi connectivity index (χ2n) is 4.78. The van der Waals surface area contributed by atoms with Gasteiger partial charge in [0.15, 0.2) is 0 Å². The lowest BCUT2D eigenvalue weighted by atomic mass is 9.99. The predicted molar refractivity (Wildman–Crippen MR) is 83.5 cm³/mol. The fourth-order valence-corrected chi connectivity index (χ4v) is 2.75. The van der Waals surface area contributed by atoms with Crippen molar-refractivity contribution in [3.05, 3.63) is 60.4 Å². The molecule has 2 aromatic carbocycles. The maximum Gasteiger partial charge on any atom is 0.244 e. The monoisotopic (exact) mass is 325 g/mol. The fraction of sp³-hybridized carbons (Fsp3) is 0. The van der Waals surface area contributed by atoms with Gasteiger partial charge in [-0.2, -0.15) is 5.26 Å². The standard InChI is InChI=1S/C16H11N3O3S/c17-10-14-15(11-6-8-13(9-7-11)23(18,20)21)16(19-22-14)12-4-2-1-3-5-12/h1-9H,(H2,18,20,21). The summed E-state index contributed by atoms with van der Waals surface area (Å²) in [5, 5.41) is 18.3. The Morgan fingerprint density at radius 1 is 1.00 bits per heavy atom. The van der Waals surface area contributed by atoms with Crippen molar-refractivity contribution in [2.75, 3.05) is 0 Å². The van der Waals surface area contributed by atoms with Crippen molar-refractivity contribution in [2.45, 2.75) is 4.90 Å². The highest BCUT2D eigenvalue weighted by Gasteiger charge is 2.19. The van der Waals surface area contributed by atoms with Gasteiger partial charge < -0.3 is 4.52 Å². The van der Waals surface area contributed by atoms with Gasteiger partial charge in [-0.25, -0.2) is 13.6 Å². The Kier molecular flexibility index (Phi) is 3.70. The van der Waals surface area contributed by atoms with Crippen molar-refractivity contribution in [3.63, 3.8) is 0 Å². The number of hydrogen-bond donors (Lipinski definition) is 1. The molecule has 0 amide bonds. The van der Waals surface area contributed by atoms with E-state index in [0.717, 1.165) is 5.56 Å². The number of hydrogen-bond acceptors (Lipinski definition) is 5. The van der Waals surface area contributed by atoms with Crippen molar-refractivity contribution in [1.82, 2.24) is 5.16 Å². The Morgan fingerprint density at radius 3 is 2.22 bits per heavy atom. The van der Waals surface area contributed by atoms with Crippen molar-refractivity contribution >= 4 is 10.0 Å². The van der Waals surface area contributed by atoms with Crippen LogP contribution in [-0.2, 0) is 10.0 Å². The third-order valence-corrected chi connectivity index (χ3v) is 4.24. The molecule has 114 valence electrons. The Bertz CT molecular complexity index is 985. The summed E-state index contributed by atoms with van der Waals surface area (Å²) in [4.78, 5) is -0.00234. The molecule has 0 aliphatic rings. The summed E-state index contributed by atoms with van der Waals surface area (Å²) in [7, 11) is -3.77. The fourth-order valence-electron chi connectivity index (χ4n) is 2.24. The summed E-state index contributed by atoms with van der Waals surface area (Å²) >= 11 is 0. The lowest BCUT2D eigenvalue weighted by molar-refractivity contribution is 0.413. The first kappa shape index (κ1) is 15.0. The summed E-state index contributed by atoms with van der Waals surface area (Å²) in [6, 6.07) is 17.1. The number of aromatic nitrogens is 1. The van der Waals surface area contributed by atoms with Crippen LogP contribution in [0.3, 0.4) is 0 Å². The Morgan fingerprint density at radius 2 is 1.65 bits per heavy atom. The minimum absolute atomic E-state index is 0.00234. The lowest BCUT2D eigenvalue weighted by Crippen LogP contribution is -2.11. The van der Waals surface area contributed by atoms with Gasteiger partial charge in [0.2, 0.25) is 15.8 Å². The molecule has 23 heavy (non-hydrogen) atoms. The van der Waals surface area contributed by atoms with E-state index in [1.54, 1.807) is 12.1 Å². The van der Waals surface area contributed by atoms with E-state index in [4.69, 9.17) is 9.66 Å². The number of nitriles is 1. The van der Waals surface area contributed by atoms with Gasteiger partial charge in [0.1, 0.15) is 11.8 Å². The van der Waals surface area contributed by atoms with E-state index in [1.165, 1.54) is 12.1 Å². The van der Waals surface area contributed by atoms with Gasteiger partial charge in [0.05, 0.1) is 10.5 Å². The van der Waals surface area contributed by atoms with E-state index in [0.29, 0.717) is 16.8 Å². The number of nitrogens with two attached hydrogens (primary N) is 1. The predicted octanol–water partition coefficient (Wildman–Crippen LogP) is 2.53. The lowest BCUT2D eigenvalue weighted by Gasteiger charge is -2.04. The smallest absolute Gasteiger partial charge is 0.244 e. The van der Waals surface area contributed by atoms with E-state index < -0.39 is 10.0 Å². The molecule has 0 aliphatic heterocycles. The summed E-state index contributed by atoms with van der Waals surface area (Å²) in [5.74, 6) is 0.0622. The van der Waals surface area contributed by atoms with Crippen LogP contribution >= 0.6 is 0 Å². The number of benzene rings is 2. The molecule has 0 bridgehead atoms. The average molecular weight is 325 g/mol. The van der Waals surface area contributed by atoms with Crippen LogP contribution in [0.15, 0.2) is 64.0 Å². The van der Waals surface area contributed by atoms with E-state index in [-0.39, 0.29) is 10.7 Å². The molecule has 0 atom stereocenters. The summed E-state index contributed by atoms with van der Waals surface area (Å²) in [6.07, 6.45) is 0. The number of rotatable bonds is 3. The van der Waals surface area contributed by atoms with Crippen molar-refractivity contribution in [1.29, 1.82) is 5.26 Å². The Hall–Kier alpha value is -2.95. The SMILES string of the molecule is N#Cc1onc(-c2ccccc2)c1-c1ccc(S(N)(=O)=O)cc1. The van der Waals surface area contributed by atoms with E-state index >= 15 is 0 Å². The molecule has 0 unspecified atom stereocenters. The van der Waals surface area contributed by atoms with Crippen molar-refractivity contribution in [2.24, 2.45) is 5.14 Å². The largest absolute Gasteiger partial charge is 0.344 e. The average Bonchev–Trinajstić information content (AvgIpc) is 2.99. The van der Waals surface area contributed by atoms with Crippen molar-refractivity contribution < 1.29 is 12.9 Å². The summed E-state index contributed by atoms with van der Waals surface area (Å²) in [5.41, 5.74) is 2.45. The quantitative estimate of drug-likeness (QED) is 0.795. The topological polar surface area (TPSA) is 110 Å². The third kappa shape index (κ3) is 2.85. The van der Waals surface area contributed by atoms with Gasteiger partial charge in [0.25, 0.3) is 0 Å². The van der Waals surface area contributed by atoms with Crippen LogP contribution in [0.4, 0.5) is 0 Å². The van der Waals surface area contributed by atoms with Crippen LogP contribution < -0.4 is 5.14 Å². The highest BCUT2D eigenvalue weighted by Crippen LogP contribution is 2.34. The van der Waals surface area contributed by atoms with E-state index in [2.05, 4.69) is 5.16 Å². The van der Waals surface area contributed by atoms with Gasteiger partial charge in [-0.05, 0) is 17.7 Å². The minimum Gasteiger partial charge on any atom is -0.344 e. The maximum atomic E-state index is 11.3. The molecule has 3 aromatic rings. The zero-order chi connectivity index (χ0) is 16.4. The summed E-state index contributed by atoms with van der Waals surface area (Å²) < 4.78 is 27.8. The van der Waals surface area contributed by atoms with Crippen LogP contribution in [0.2, 0.25) is 0 Å².